The van der Waals surface area contributed by atoms with Gasteiger partial charge in [-0.25, -0.2) is 0 Å². The number of hydrogen-bond acceptors (Lipinski definition) is 5. The normalized spacial score (nSPS) is 19.1. The molecule has 2 atom stereocenters. The van der Waals surface area contributed by atoms with Gasteiger partial charge in [-0.2, -0.15) is 5.26 Å². The summed E-state index contributed by atoms with van der Waals surface area (Å²) >= 11 is 0. The zero-order valence-corrected chi connectivity index (χ0v) is 12.1. The third kappa shape index (κ3) is 3.25. The predicted octanol–water partition coefficient (Wildman–Crippen LogP) is 2.06. The molecule has 5 heteroatoms. The molecule has 1 aromatic heterocycles. The Bertz CT molecular complexity index is 648. The fourth-order valence-electron chi connectivity index (χ4n) is 2.48. The number of benzene rings is 1. The van der Waals surface area contributed by atoms with E-state index in [0.717, 1.165) is 12.1 Å². The highest BCUT2D eigenvalue weighted by Crippen LogP contribution is 2.28. The molecule has 1 fully saturated rings. The van der Waals surface area contributed by atoms with Crippen LogP contribution in [0.5, 0.6) is 5.75 Å². The van der Waals surface area contributed by atoms with Gasteiger partial charge in [0.25, 0.3) is 0 Å². The minimum atomic E-state index is -0.309. The van der Waals surface area contributed by atoms with Crippen molar-refractivity contribution in [1.82, 2.24) is 10.3 Å². The number of nitrogens with one attached hydrogen (secondary N) is 1. The Hall–Kier alpha value is -2.42. The number of ether oxygens (including phenoxy) is 2. The summed E-state index contributed by atoms with van der Waals surface area (Å²) in [5.74, 6) is 0.563. The first-order valence-electron chi connectivity index (χ1n) is 7.26. The van der Waals surface area contributed by atoms with Gasteiger partial charge in [-0.15, -0.1) is 0 Å². The standard InChI is InChI=1S/C17H17N3O2/c18-10-13-4-1-2-6-15(13)22-17(14-5-3-7-19-11-14)16-12-20-8-9-21-16/h1-7,11,16-17,20H,8-9,12H2/t16-,17?/m0/s1. The number of aromatic nitrogens is 1. The molecule has 22 heavy (non-hydrogen) atoms. The van der Waals surface area contributed by atoms with E-state index in [2.05, 4.69) is 16.4 Å². The van der Waals surface area contributed by atoms with E-state index < -0.39 is 0 Å². The highest BCUT2D eigenvalue weighted by molar-refractivity contribution is 5.43. The summed E-state index contributed by atoms with van der Waals surface area (Å²) in [4.78, 5) is 4.16. The highest BCUT2D eigenvalue weighted by atomic mass is 16.5. The van der Waals surface area contributed by atoms with Gasteiger partial charge in [0.15, 0.2) is 6.10 Å². The van der Waals surface area contributed by atoms with Crippen LogP contribution in [0.2, 0.25) is 0 Å². The second-order valence-corrected chi connectivity index (χ2v) is 5.05. The van der Waals surface area contributed by atoms with Gasteiger partial charge in [-0.05, 0) is 18.2 Å². The Morgan fingerprint density at radius 3 is 2.95 bits per heavy atom. The molecule has 112 valence electrons. The highest BCUT2D eigenvalue weighted by Gasteiger charge is 2.28. The monoisotopic (exact) mass is 295 g/mol. The second kappa shape index (κ2) is 7.03. The van der Waals surface area contributed by atoms with Crippen molar-refractivity contribution in [2.45, 2.75) is 12.2 Å². The molecule has 0 saturated carbocycles. The van der Waals surface area contributed by atoms with E-state index in [9.17, 15) is 5.26 Å². The Kier molecular flexibility index (Phi) is 4.64. The molecule has 0 aliphatic carbocycles. The minimum absolute atomic E-state index is 0.121. The first kappa shape index (κ1) is 14.5. The minimum Gasteiger partial charge on any atom is -0.481 e. The zero-order chi connectivity index (χ0) is 15.2. The van der Waals surface area contributed by atoms with E-state index in [1.54, 1.807) is 24.5 Å². The molecule has 1 aliphatic rings. The second-order valence-electron chi connectivity index (χ2n) is 5.05. The van der Waals surface area contributed by atoms with Crippen molar-refractivity contribution in [3.05, 3.63) is 59.9 Å². The largest absolute Gasteiger partial charge is 0.481 e. The van der Waals surface area contributed by atoms with E-state index in [1.165, 1.54) is 0 Å². The lowest BCUT2D eigenvalue weighted by Crippen LogP contribution is -2.43. The van der Waals surface area contributed by atoms with Crippen molar-refractivity contribution < 1.29 is 9.47 Å². The maximum Gasteiger partial charge on any atom is 0.153 e. The summed E-state index contributed by atoms with van der Waals surface area (Å²) in [7, 11) is 0. The molecule has 0 radical (unpaired) electrons. The first-order valence-corrected chi connectivity index (χ1v) is 7.26. The quantitative estimate of drug-likeness (QED) is 0.935. The fraction of sp³-hybridized carbons (Fsp3) is 0.294. The third-order valence-corrected chi connectivity index (χ3v) is 3.57. The molecule has 1 unspecified atom stereocenters. The number of morpholine rings is 1. The smallest absolute Gasteiger partial charge is 0.153 e. The number of nitriles is 1. The van der Waals surface area contributed by atoms with Crippen LogP contribution in [0.1, 0.15) is 17.2 Å². The van der Waals surface area contributed by atoms with Gasteiger partial charge < -0.3 is 14.8 Å². The lowest BCUT2D eigenvalue weighted by molar-refractivity contribution is -0.0434. The van der Waals surface area contributed by atoms with Crippen LogP contribution in [-0.4, -0.2) is 30.8 Å². The van der Waals surface area contributed by atoms with Gasteiger partial charge in [0.2, 0.25) is 0 Å². The predicted molar refractivity (Wildman–Crippen MR) is 81.4 cm³/mol. The molecule has 0 amide bonds. The molecular formula is C17H17N3O2. The van der Waals surface area contributed by atoms with Crippen LogP contribution in [0.3, 0.4) is 0 Å². The molecule has 3 rings (SSSR count). The molecule has 2 heterocycles. The summed E-state index contributed by atoms with van der Waals surface area (Å²) in [5, 5.41) is 12.5. The van der Waals surface area contributed by atoms with Crippen molar-refractivity contribution in [1.29, 1.82) is 5.26 Å². The molecule has 1 saturated heterocycles. The van der Waals surface area contributed by atoms with Crippen LogP contribution in [0.4, 0.5) is 0 Å². The van der Waals surface area contributed by atoms with E-state index >= 15 is 0 Å². The van der Waals surface area contributed by atoms with Crippen molar-refractivity contribution in [3.8, 4) is 11.8 Å². The van der Waals surface area contributed by atoms with Crippen molar-refractivity contribution in [2.24, 2.45) is 0 Å². The van der Waals surface area contributed by atoms with Crippen LogP contribution in [0, 0.1) is 11.3 Å². The topological polar surface area (TPSA) is 67.2 Å². The fourth-order valence-corrected chi connectivity index (χ4v) is 2.48. The van der Waals surface area contributed by atoms with Crippen LogP contribution < -0.4 is 10.1 Å². The van der Waals surface area contributed by atoms with Crippen LogP contribution in [0.15, 0.2) is 48.8 Å². The van der Waals surface area contributed by atoms with E-state index in [0.29, 0.717) is 24.5 Å². The van der Waals surface area contributed by atoms with Gasteiger partial charge in [0.05, 0.1) is 12.2 Å². The third-order valence-electron chi connectivity index (χ3n) is 3.57. The average molecular weight is 295 g/mol. The number of pyridine rings is 1. The van der Waals surface area contributed by atoms with Gasteiger partial charge in [0, 0.05) is 31.0 Å². The molecular weight excluding hydrogens is 278 g/mol. The lowest BCUT2D eigenvalue weighted by atomic mass is 10.0. The zero-order valence-electron chi connectivity index (χ0n) is 12.1. The van der Waals surface area contributed by atoms with Crippen LogP contribution in [-0.2, 0) is 4.74 Å². The SMILES string of the molecule is N#Cc1ccccc1OC(c1cccnc1)[C@@H]1CNCCO1. The molecule has 1 aliphatic heterocycles. The van der Waals surface area contributed by atoms with Gasteiger partial charge in [-0.3, -0.25) is 4.98 Å². The molecule has 1 aromatic carbocycles. The lowest BCUT2D eigenvalue weighted by Gasteiger charge is -2.31. The van der Waals surface area contributed by atoms with E-state index in [-0.39, 0.29) is 12.2 Å². The van der Waals surface area contributed by atoms with Crippen LogP contribution in [0.25, 0.3) is 0 Å². The Morgan fingerprint density at radius 2 is 2.23 bits per heavy atom. The number of rotatable bonds is 4. The maximum absolute atomic E-state index is 9.23. The van der Waals surface area contributed by atoms with Crippen molar-refractivity contribution >= 4 is 0 Å². The molecule has 0 spiro atoms. The maximum atomic E-state index is 9.23. The van der Waals surface area contributed by atoms with Crippen molar-refractivity contribution in [3.63, 3.8) is 0 Å². The molecule has 2 aromatic rings. The summed E-state index contributed by atoms with van der Waals surface area (Å²) in [6.07, 6.45) is 3.07. The first-order chi connectivity index (χ1) is 10.9. The Labute approximate surface area is 129 Å². The average Bonchev–Trinajstić information content (AvgIpc) is 2.61. The summed E-state index contributed by atoms with van der Waals surface area (Å²) < 4.78 is 12.0. The van der Waals surface area contributed by atoms with E-state index in [4.69, 9.17) is 9.47 Å². The Balaban J connectivity index is 1.90. The van der Waals surface area contributed by atoms with Gasteiger partial charge in [0.1, 0.15) is 17.9 Å². The molecule has 0 bridgehead atoms. The number of para-hydroxylation sites is 1. The Morgan fingerprint density at radius 1 is 1.32 bits per heavy atom. The van der Waals surface area contributed by atoms with Crippen LogP contribution >= 0.6 is 0 Å². The summed E-state index contributed by atoms with van der Waals surface area (Å²) in [6, 6.07) is 13.2. The molecule has 5 nitrogen and oxygen atoms in total. The number of hydrogen-bond donors (Lipinski definition) is 1. The molecule has 1 N–H and O–H groups in total. The summed E-state index contributed by atoms with van der Waals surface area (Å²) in [5.41, 5.74) is 1.45. The summed E-state index contributed by atoms with van der Waals surface area (Å²) in [6.45, 7) is 2.18. The number of nitrogens with zero attached hydrogens (tertiary/aromatic N) is 2. The van der Waals surface area contributed by atoms with Gasteiger partial charge in [-0.1, -0.05) is 18.2 Å². The van der Waals surface area contributed by atoms with Gasteiger partial charge >= 0.3 is 0 Å². The van der Waals surface area contributed by atoms with Crippen molar-refractivity contribution in [2.75, 3.05) is 19.7 Å². The van der Waals surface area contributed by atoms with E-state index in [1.807, 2.05) is 24.3 Å².